The smallest absolute Gasteiger partial charge is 0.273 e. The Bertz CT molecular complexity index is 687. The number of pyridine rings is 1. The minimum Gasteiger partial charge on any atom is -0.374 e. The van der Waals surface area contributed by atoms with Gasteiger partial charge in [-0.15, -0.1) is 0 Å². The average molecular weight is 344 g/mol. The fraction of sp³-hybridized carbons (Fsp3) is 0.500. The van der Waals surface area contributed by atoms with Crippen LogP contribution in [0.1, 0.15) is 24.3 Å². The molecule has 0 bridgehead atoms. The van der Waals surface area contributed by atoms with Gasteiger partial charge in [0.25, 0.3) is 5.91 Å². The minimum atomic E-state index is -0.261. The van der Waals surface area contributed by atoms with Crippen molar-refractivity contribution < 1.29 is 14.1 Å². The van der Waals surface area contributed by atoms with Crippen molar-refractivity contribution in [2.24, 2.45) is 5.92 Å². The molecule has 1 atom stereocenters. The molecule has 25 heavy (non-hydrogen) atoms. The van der Waals surface area contributed by atoms with Crippen LogP contribution in [-0.2, 0) is 4.74 Å². The summed E-state index contributed by atoms with van der Waals surface area (Å²) in [6.45, 7) is 8.39. The molecule has 0 spiro atoms. The van der Waals surface area contributed by atoms with Gasteiger partial charge in [0.05, 0.1) is 12.7 Å². The summed E-state index contributed by atoms with van der Waals surface area (Å²) < 4.78 is 11.0. The van der Waals surface area contributed by atoms with Gasteiger partial charge in [-0.25, -0.2) is 0 Å². The Morgan fingerprint density at radius 2 is 2.36 bits per heavy atom. The van der Waals surface area contributed by atoms with E-state index in [-0.39, 0.29) is 17.7 Å². The molecule has 134 valence electrons. The number of rotatable bonds is 6. The van der Waals surface area contributed by atoms with Gasteiger partial charge < -0.3 is 14.6 Å². The highest BCUT2D eigenvalue weighted by molar-refractivity contribution is 5.93. The van der Waals surface area contributed by atoms with Crippen molar-refractivity contribution in [1.82, 2.24) is 20.4 Å². The highest BCUT2D eigenvalue weighted by atomic mass is 16.5. The van der Waals surface area contributed by atoms with E-state index in [0.29, 0.717) is 24.8 Å². The lowest BCUT2D eigenvalue weighted by Crippen LogP contribution is -2.48. The van der Waals surface area contributed by atoms with Gasteiger partial charge in [0.15, 0.2) is 11.5 Å². The van der Waals surface area contributed by atoms with Crippen LogP contribution < -0.4 is 5.32 Å². The molecule has 1 fully saturated rings. The van der Waals surface area contributed by atoms with E-state index < -0.39 is 0 Å². The Morgan fingerprint density at radius 1 is 1.48 bits per heavy atom. The summed E-state index contributed by atoms with van der Waals surface area (Å²) in [7, 11) is 0. The molecule has 3 heterocycles. The molecule has 2 aromatic rings. The standard InChI is InChI=1S/C18H24N4O3/c1-13(2)11-22-6-7-24-15(12-22)10-20-18(23)16-8-17(25-21-16)14-4-3-5-19-9-14/h3-5,8-9,13,15H,6-7,10-12H2,1-2H3,(H,20,23). The summed E-state index contributed by atoms with van der Waals surface area (Å²) in [5.74, 6) is 0.883. The van der Waals surface area contributed by atoms with Crippen molar-refractivity contribution in [1.29, 1.82) is 0 Å². The van der Waals surface area contributed by atoms with Crippen LogP contribution >= 0.6 is 0 Å². The number of aromatic nitrogens is 2. The van der Waals surface area contributed by atoms with Crippen LogP contribution in [0.2, 0.25) is 0 Å². The molecule has 1 amide bonds. The van der Waals surface area contributed by atoms with Crippen molar-refractivity contribution in [2.75, 3.05) is 32.8 Å². The first kappa shape index (κ1) is 17.6. The second-order valence-corrected chi connectivity index (χ2v) is 6.67. The molecule has 1 aliphatic heterocycles. The number of nitrogens with zero attached hydrogens (tertiary/aromatic N) is 3. The maximum atomic E-state index is 12.3. The predicted molar refractivity (Wildman–Crippen MR) is 93.1 cm³/mol. The van der Waals surface area contributed by atoms with E-state index in [2.05, 4.69) is 34.2 Å². The molecule has 1 unspecified atom stereocenters. The third kappa shape index (κ3) is 4.87. The van der Waals surface area contributed by atoms with Gasteiger partial charge in [0, 0.05) is 50.2 Å². The van der Waals surface area contributed by atoms with E-state index >= 15 is 0 Å². The number of nitrogens with one attached hydrogen (secondary N) is 1. The number of amides is 1. The Kier molecular flexibility index (Phi) is 5.78. The summed E-state index contributed by atoms with van der Waals surface area (Å²) in [5.41, 5.74) is 1.04. The van der Waals surface area contributed by atoms with Gasteiger partial charge in [-0.2, -0.15) is 0 Å². The zero-order valence-corrected chi connectivity index (χ0v) is 14.6. The van der Waals surface area contributed by atoms with Crippen molar-refractivity contribution >= 4 is 5.91 Å². The predicted octanol–water partition coefficient (Wildman–Crippen LogP) is 1.82. The molecular weight excluding hydrogens is 320 g/mol. The van der Waals surface area contributed by atoms with Gasteiger partial charge in [-0.3, -0.25) is 14.7 Å². The summed E-state index contributed by atoms with van der Waals surface area (Å²) in [6, 6.07) is 5.29. The Morgan fingerprint density at radius 3 is 3.12 bits per heavy atom. The minimum absolute atomic E-state index is 0.00106. The summed E-state index contributed by atoms with van der Waals surface area (Å²) in [4.78, 5) is 18.7. The monoisotopic (exact) mass is 344 g/mol. The second-order valence-electron chi connectivity index (χ2n) is 6.67. The van der Waals surface area contributed by atoms with Crippen LogP contribution in [0.3, 0.4) is 0 Å². The Labute approximate surface area is 147 Å². The molecule has 1 saturated heterocycles. The van der Waals surface area contributed by atoms with Crippen molar-refractivity contribution in [3.05, 3.63) is 36.3 Å². The lowest BCUT2D eigenvalue weighted by atomic mass is 10.2. The number of ether oxygens (including phenoxy) is 1. The third-order valence-electron chi connectivity index (χ3n) is 4.03. The number of hydrogen-bond donors (Lipinski definition) is 1. The quantitative estimate of drug-likeness (QED) is 0.861. The van der Waals surface area contributed by atoms with Crippen LogP contribution in [0.15, 0.2) is 35.1 Å². The largest absolute Gasteiger partial charge is 0.374 e. The third-order valence-corrected chi connectivity index (χ3v) is 4.03. The highest BCUT2D eigenvalue weighted by Gasteiger charge is 2.22. The first-order valence-electron chi connectivity index (χ1n) is 8.61. The van der Waals surface area contributed by atoms with Gasteiger partial charge >= 0.3 is 0 Å². The number of carbonyl (C=O) groups is 1. The first-order chi connectivity index (χ1) is 12.1. The molecule has 0 radical (unpaired) electrons. The van der Waals surface area contributed by atoms with E-state index in [1.165, 1.54) is 0 Å². The van der Waals surface area contributed by atoms with Crippen LogP contribution in [-0.4, -0.2) is 59.8 Å². The SMILES string of the molecule is CC(C)CN1CCOC(CNC(=O)c2cc(-c3cccnc3)on2)C1. The Balaban J connectivity index is 1.52. The van der Waals surface area contributed by atoms with E-state index in [1.807, 2.05) is 6.07 Å². The van der Waals surface area contributed by atoms with Crippen LogP contribution in [0.4, 0.5) is 0 Å². The lowest BCUT2D eigenvalue weighted by Gasteiger charge is -2.33. The summed E-state index contributed by atoms with van der Waals surface area (Å²) in [5, 5.41) is 6.72. The second kappa shape index (κ2) is 8.22. The first-order valence-corrected chi connectivity index (χ1v) is 8.61. The molecule has 2 aromatic heterocycles. The molecule has 0 aromatic carbocycles. The van der Waals surface area contributed by atoms with Gasteiger partial charge in [-0.05, 0) is 18.1 Å². The fourth-order valence-corrected chi connectivity index (χ4v) is 2.91. The molecule has 0 saturated carbocycles. The average Bonchev–Trinajstić information content (AvgIpc) is 3.10. The lowest BCUT2D eigenvalue weighted by molar-refractivity contribution is -0.0296. The van der Waals surface area contributed by atoms with E-state index in [4.69, 9.17) is 9.26 Å². The van der Waals surface area contributed by atoms with E-state index in [1.54, 1.807) is 24.5 Å². The molecular formula is C18H24N4O3. The van der Waals surface area contributed by atoms with Crippen molar-refractivity contribution in [3.63, 3.8) is 0 Å². The van der Waals surface area contributed by atoms with Gasteiger partial charge in [0.2, 0.25) is 0 Å². The zero-order chi connectivity index (χ0) is 17.6. The van der Waals surface area contributed by atoms with Crippen LogP contribution in [0.25, 0.3) is 11.3 Å². The number of hydrogen-bond acceptors (Lipinski definition) is 6. The number of morpholine rings is 1. The van der Waals surface area contributed by atoms with E-state index in [0.717, 1.165) is 25.2 Å². The van der Waals surface area contributed by atoms with Crippen molar-refractivity contribution in [2.45, 2.75) is 20.0 Å². The molecule has 1 aliphatic rings. The molecule has 7 heteroatoms. The maximum absolute atomic E-state index is 12.3. The van der Waals surface area contributed by atoms with Crippen LogP contribution in [0, 0.1) is 5.92 Å². The summed E-state index contributed by atoms with van der Waals surface area (Å²) >= 11 is 0. The number of carbonyl (C=O) groups excluding carboxylic acids is 1. The maximum Gasteiger partial charge on any atom is 0.273 e. The summed E-state index contributed by atoms with van der Waals surface area (Å²) in [6.07, 6.45) is 3.35. The van der Waals surface area contributed by atoms with Gasteiger partial charge in [-0.1, -0.05) is 19.0 Å². The van der Waals surface area contributed by atoms with Crippen molar-refractivity contribution in [3.8, 4) is 11.3 Å². The normalized spacial score (nSPS) is 18.4. The molecule has 3 rings (SSSR count). The van der Waals surface area contributed by atoms with Gasteiger partial charge in [0.1, 0.15) is 0 Å². The topological polar surface area (TPSA) is 80.5 Å². The molecule has 0 aliphatic carbocycles. The fourth-order valence-electron chi connectivity index (χ4n) is 2.91. The highest BCUT2D eigenvalue weighted by Crippen LogP contribution is 2.18. The van der Waals surface area contributed by atoms with Crippen LogP contribution in [0.5, 0.6) is 0 Å². The molecule has 7 nitrogen and oxygen atoms in total. The molecule has 1 N–H and O–H groups in total. The van der Waals surface area contributed by atoms with E-state index in [9.17, 15) is 4.79 Å². The Hall–Kier alpha value is -2.25. The zero-order valence-electron chi connectivity index (χ0n) is 14.6.